The van der Waals surface area contributed by atoms with Crippen molar-refractivity contribution >= 4 is 40.1 Å². The summed E-state index contributed by atoms with van der Waals surface area (Å²) >= 11 is 2.20. The van der Waals surface area contributed by atoms with Gasteiger partial charge in [0, 0.05) is 9.26 Å². The summed E-state index contributed by atoms with van der Waals surface area (Å²) in [6.45, 7) is 3.43. The molecule has 0 saturated carbocycles. The van der Waals surface area contributed by atoms with Gasteiger partial charge < -0.3 is 5.32 Å². The summed E-state index contributed by atoms with van der Waals surface area (Å²) < 4.78 is 1.10. The van der Waals surface area contributed by atoms with Gasteiger partial charge in [0.2, 0.25) is 11.8 Å². The fraction of sp³-hybridized carbons (Fsp3) is 0.333. The SMILES string of the molecule is CC1NC(=O)C(C)N(c2ccc(I)cc2)C1=O. The monoisotopic (exact) mass is 344 g/mol. The highest BCUT2D eigenvalue weighted by Gasteiger charge is 2.36. The highest BCUT2D eigenvalue weighted by molar-refractivity contribution is 14.1. The Bertz CT molecular complexity index is 458. The summed E-state index contributed by atoms with van der Waals surface area (Å²) in [6, 6.07) is 6.65. The van der Waals surface area contributed by atoms with Crippen molar-refractivity contribution in [3.05, 3.63) is 27.8 Å². The van der Waals surface area contributed by atoms with Crippen molar-refractivity contribution in [1.82, 2.24) is 5.32 Å². The highest BCUT2D eigenvalue weighted by Crippen LogP contribution is 2.22. The molecule has 1 N–H and O–H groups in total. The minimum atomic E-state index is -0.460. The third-order valence-corrected chi connectivity index (χ3v) is 3.56. The molecule has 1 heterocycles. The van der Waals surface area contributed by atoms with Crippen LogP contribution in [-0.2, 0) is 9.59 Å². The van der Waals surface area contributed by atoms with Crippen molar-refractivity contribution in [3.8, 4) is 0 Å². The number of amides is 2. The number of rotatable bonds is 1. The van der Waals surface area contributed by atoms with Gasteiger partial charge in [-0.2, -0.15) is 0 Å². The average molecular weight is 344 g/mol. The van der Waals surface area contributed by atoms with E-state index in [9.17, 15) is 9.59 Å². The maximum atomic E-state index is 12.1. The smallest absolute Gasteiger partial charge is 0.250 e. The Labute approximate surface area is 114 Å². The lowest BCUT2D eigenvalue weighted by Gasteiger charge is -2.36. The van der Waals surface area contributed by atoms with Crippen LogP contribution in [0.1, 0.15) is 13.8 Å². The zero-order chi connectivity index (χ0) is 12.6. The van der Waals surface area contributed by atoms with Crippen LogP contribution >= 0.6 is 22.6 Å². The predicted molar refractivity (Wildman–Crippen MR) is 73.7 cm³/mol. The average Bonchev–Trinajstić information content (AvgIpc) is 2.29. The van der Waals surface area contributed by atoms with Crippen LogP contribution in [0.2, 0.25) is 0 Å². The molecular weight excluding hydrogens is 331 g/mol. The minimum absolute atomic E-state index is 0.0710. The summed E-state index contributed by atoms with van der Waals surface area (Å²) in [6.07, 6.45) is 0. The summed E-state index contributed by atoms with van der Waals surface area (Å²) in [4.78, 5) is 25.3. The molecule has 2 amide bonds. The molecule has 1 saturated heterocycles. The quantitative estimate of drug-likeness (QED) is 0.786. The van der Waals surface area contributed by atoms with E-state index in [0.717, 1.165) is 9.26 Å². The van der Waals surface area contributed by atoms with Gasteiger partial charge in [-0.3, -0.25) is 14.5 Å². The van der Waals surface area contributed by atoms with Crippen molar-refractivity contribution in [2.45, 2.75) is 25.9 Å². The normalized spacial score (nSPS) is 24.8. The Morgan fingerprint density at radius 1 is 1.18 bits per heavy atom. The van der Waals surface area contributed by atoms with E-state index in [1.165, 1.54) is 0 Å². The van der Waals surface area contributed by atoms with Crippen LogP contribution in [0.15, 0.2) is 24.3 Å². The van der Waals surface area contributed by atoms with Crippen LogP contribution in [0, 0.1) is 3.57 Å². The van der Waals surface area contributed by atoms with Crippen LogP contribution in [0.25, 0.3) is 0 Å². The molecule has 0 radical (unpaired) electrons. The molecule has 5 heteroatoms. The Morgan fingerprint density at radius 3 is 2.35 bits per heavy atom. The first kappa shape index (κ1) is 12.3. The second kappa shape index (κ2) is 4.64. The first-order chi connectivity index (χ1) is 8.00. The molecule has 0 bridgehead atoms. The molecule has 2 unspecified atom stereocenters. The van der Waals surface area contributed by atoms with Crippen molar-refractivity contribution in [2.24, 2.45) is 0 Å². The van der Waals surface area contributed by atoms with Crippen LogP contribution in [-0.4, -0.2) is 23.9 Å². The lowest BCUT2D eigenvalue weighted by molar-refractivity contribution is -0.133. The molecule has 0 aromatic heterocycles. The minimum Gasteiger partial charge on any atom is -0.343 e. The number of benzene rings is 1. The second-order valence-electron chi connectivity index (χ2n) is 4.09. The van der Waals surface area contributed by atoms with Crippen LogP contribution in [0.3, 0.4) is 0 Å². The van der Waals surface area contributed by atoms with Gasteiger partial charge in [0.1, 0.15) is 12.1 Å². The molecule has 0 aliphatic carbocycles. The zero-order valence-electron chi connectivity index (χ0n) is 9.61. The van der Waals surface area contributed by atoms with Crippen molar-refractivity contribution in [2.75, 3.05) is 4.90 Å². The molecule has 1 fully saturated rings. The number of carbonyl (C=O) groups is 2. The molecule has 0 spiro atoms. The summed E-state index contributed by atoms with van der Waals surface area (Å²) in [5.41, 5.74) is 0.768. The van der Waals surface area contributed by atoms with Crippen LogP contribution in [0.5, 0.6) is 0 Å². The van der Waals surface area contributed by atoms with Crippen LogP contribution < -0.4 is 10.2 Å². The van der Waals surface area contributed by atoms with Gasteiger partial charge in [0.05, 0.1) is 0 Å². The van der Waals surface area contributed by atoms with Gasteiger partial charge in [-0.1, -0.05) is 0 Å². The first-order valence-corrected chi connectivity index (χ1v) is 6.47. The summed E-state index contributed by atoms with van der Waals surface area (Å²) in [5.74, 6) is -0.186. The third kappa shape index (κ3) is 2.29. The number of halogens is 1. The number of anilines is 1. The van der Waals surface area contributed by atoms with Gasteiger partial charge >= 0.3 is 0 Å². The maximum Gasteiger partial charge on any atom is 0.250 e. The Kier molecular flexibility index (Phi) is 3.37. The topological polar surface area (TPSA) is 49.4 Å². The molecule has 1 aliphatic rings. The van der Waals surface area contributed by atoms with Gasteiger partial charge in [0.15, 0.2) is 0 Å². The molecule has 4 nitrogen and oxygen atoms in total. The van der Waals surface area contributed by atoms with Crippen molar-refractivity contribution in [3.63, 3.8) is 0 Å². The van der Waals surface area contributed by atoms with E-state index in [1.54, 1.807) is 18.7 Å². The number of nitrogens with zero attached hydrogens (tertiary/aromatic N) is 1. The molecule has 90 valence electrons. The van der Waals surface area contributed by atoms with E-state index < -0.39 is 12.1 Å². The molecule has 17 heavy (non-hydrogen) atoms. The molecule has 2 rings (SSSR count). The summed E-state index contributed by atoms with van der Waals surface area (Å²) in [5, 5.41) is 2.66. The van der Waals surface area contributed by atoms with Crippen molar-refractivity contribution in [1.29, 1.82) is 0 Å². The highest BCUT2D eigenvalue weighted by atomic mass is 127. The van der Waals surface area contributed by atoms with Gasteiger partial charge in [-0.25, -0.2) is 0 Å². The lowest BCUT2D eigenvalue weighted by Crippen LogP contribution is -2.61. The van der Waals surface area contributed by atoms with E-state index >= 15 is 0 Å². The van der Waals surface area contributed by atoms with E-state index in [-0.39, 0.29) is 11.8 Å². The molecule has 2 atom stereocenters. The number of hydrogen-bond donors (Lipinski definition) is 1. The molecule has 1 aromatic rings. The number of carbonyl (C=O) groups excluding carboxylic acids is 2. The predicted octanol–water partition coefficient (Wildman–Crippen LogP) is 1.53. The van der Waals surface area contributed by atoms with E-state index in [2.05, 4.69) is 27.9 Å². The Balaban J connectivity index is 2.37. The second-order valence-corrected chi connectivity index (χ2v) is 5.34. The number of nitrogens with one attached hydrogen (secondary N) is 1. The van der Waals surface area contributed by atoms with Crippen molar-refractivity contribution < 1.29 is 9.59 Å². The fourth-order valence-corrected chi connectivity index (χ4v) is 2.22. The number of piperazine rings is 1. The van der Waals surface area contributed by atoms with Crippen LogP contribution in [0.4, 0.5) is 5.69 Å². The van der Waals surface area contributed by atoms with E-state index in [4.69, 9.17) is 0 Å². The largest absolute Gasteiger partial charge is 0.343 e. The molecule has 1 aliphatic heterocycles. The van der Waals surface area contributed by atoms with Gasteiger partial charge in [-0.05, 0) is 60.7 Å². The lowest BCUT2D eigenvalue weighted by atomic mass is 10.1. The van der Waals surface area contributed by atoms with Gasteiger partial charge in [0.25, 0.3) is 0 Å². The standard InChI is InChI=1S/C12H13IN2O2/c1-7-12(17)15(8(2)11(16)14-7)10-5-3-9(13)4-6-10/h3-8H,1-2H3,(H,14,16). The van der Waals surface area contributed by atoms with E-state index in [0.29, 0.717) is 0 Å². The maximum absolute atomic E-state index is 12.1. The summed E-state index contributed by atoms with van der Waals surface area (Å²) in [7, 11) is 0. The van der Waals surface area contributed by atoms with E-state index in [1.807, 2.05) is 24.3 Å². The fourth-order valence-electron chi connectivity index (χ4n) is 1.87. The Hall–Kier alpha value is -1.11. The third-order valence-electron chi connectivity index (χ3n) is 2.84. The zero-order valence-corrected chi connectivity index (χ0v) is 11.8. The molecular formula is C12H13IN2O2. The van der Waals surface area contributed by atoms with Gasteiger partial charge in [-0.15, -0.1) is 0 Å². The number of hydrogen-bond acceptors (Lipinski definition) is 2. The Morgan fingerprint density at radius 2 is 1.76 bits per heavy atom. The molecule has 1 aromatic carbocycles. The first-order valence-electron chi connectivity index (χ1n) is 5.39.